The first-order valence-electron chi connectivity index (χ1n) is 6.84. The molecule has 1 atom stereocenters. The van der Waals surface area contributed by atoms with E-state index in [0.29, 0.717) is 22.6 Å². The summed E-state index contributed by atoms with van der Waals surface area (Å²) in [6.45, 7) is 0. The van der Waals surface area contributed by atoms with Crippen LogP contribution in [0.25, 0.3) is 0 Å². The van der Waals surface area contributed by atoms with Crippen LogP contribution in [0.1, 0.15) is 24.8 Å². The Morgan fingerprint density at radius 1 is 1.38 bits per heavy atom. The molecule has 3 rings (SSSR count). The zero-order valence-electron chi connectivity index (χ0n) is 11.6. The molecule has 2 aliphatic rings. The van der Waals surface area contributed by atoms with Gasteiger partial charge in [0.2, 0.25) is 5.91 Å². The third-order valence-corrected chi connectivity index (χ3v) is 3.97. The fraction of sp³-hybridized carbons (Fsp3) is 0.312. The number of nitriles is 1. The van der Waals surface area contributed by atoms with Gasteiger partial charge < -0.3 is 4.74 Å². The van der Waals surface area contributed by atoms with Gasteiger partial charge in [0.05, 0.1) is 24.3 Å². The Morgan fingerprint density at radius 2 is 2.19 bits per heavy atom. The molecular formula is C16H14N2O3. The first-order valence-corrected chi connectivity index (χ1v) is 6.84. The average Bonchev–Trinajstić information content (AvgIpc) is 2.78. The van der Waals surface area contributed by atoms with Crippen LogP contribution in [0.4, 0.5) is 5.69 Å². The smallest absolute Gasteiger partial charge is 0.261 e. The lowest BCUT2D eigenvalue weighted by Crippen LogP contribution is -2.30. The number of carbonyl (C=O) groups is 2. The highest BCUT2D eigenvalue weighted by Crippen LogP contribution is 2.37. The second-order valence-corrected chi connectivity index (χ2v) is 5.12. The topological polar surface area (TPSA) is 70.4 Å². The quantitative estimate of drug-likeness (QED) is 0.779. The number of ether oxygens (including phenoxy) is 1. The van der Waals surface area contributed by atoms with E-state index < -0.39 is 0 Å². The van der Waals surface area contributed by atoms with E-state index in [2.05, 4.69) is 0 Å². The summed E-state index contributed by atoms with van der Waals surface area (Å²) in [7, 11) is 1.45. The van der Waals surface area contributed by atoms with Crippen molar-refractivity contribution < 1.29 is 14.3 Å². The molecule has 0 bridgehead atoms. The number of nitrogens with zero attached hydrogens (tertiary/aromatic N) is 2. The summed E-state index contributed by atoms with van der Waals surface area (Å²) in [5.41, 5.74) is 1.43. The fourth-order valence-electron chi connectivity index (χ4n) is 2.91. The van der Waals surface area contributed by atoms with Crippen LogP contribution in [0.2, 0.25) is 0 Å². The molecule has 1 heterocycles. The zero-order chi connectivity index (χ0) is 15.0. The number of benzene rings is 1. The summed E-state index contributed by atoms with van der Waals surface area (Å²) in [5.74, 6) is -0.387. The lowest BCUT2D eigenvalue weighted by Gasteiger charge is -2.16. The Balaban J connectivity index is 2.03. The molecule has 21 heavy (non-hydrogen) atoms. The molecule has 1 aromatic carbocycles. The molecule has 1 aliphatic carbocycles. The number of hydrogen-bond donors (Lipinski definition) is 0. The molecule has 2 amide bonds. The monoisotopic (exact) mass is 282 g/mol. The van der Waals surface area contributed by atoms with Gasteiger partial charge in [-0.25, -0.2) is 4.90 Å². The van der Waals surface area contributed by atoms with Crippen molar-refractivity contribution in [2.75, 3.05) is 12.0 Å². The number of allylic oxidation sites excluding steroid dienone is 1. The Hall–Kier alpha value is -2.61. The molecule has 0 radical (unpaired) electrons. The Morgan fingerprint density at radius 3 is 2.86 bits per heavy atom. The SMILES string of the molecule is COc1cc(N2C(=O)C3=CCCCC3C2=O)ccc1C#N. The van der Waals surface area contributed by atoms with Crippen LogP contribution in [0.15, 0.2) is 29.8 Å². The van der Waals surface area contributed by atoms with Gasteiger partial charge in [0.25, 0.3) is 5.91 Å². The third kappa shape index (κ3) is 2.00. The third-order valence-electron chi connectivity index (χ3n) is 3.97. The first-order chi connectivity index (χ1) is 10.2. The van der Waals surface area contributed by atoms with Crippen molar-refractivity contribution in [3.8, 4) is 11.8 Å². The summed E-state index contributed by atoms with van der Waals surface area (Å²) < 4.78 is 5.14. The highest BCUT2D eigenvalue weighted by Gasteiger charge is 2.44. The van der Waals surface area contributed by atoms with Crippen LogP contribution < -0.4 is 9.64 Å². The van der Waals surface area contributed by atoms with Crippen LogP contribution in [0, 0.1) is 17.2 Å². The van der Waals surface area contributed by atoms with Crippen LogP contribution in [0.5, 0.6) is 5.75 Å². The van der Waals surface area contributed by atoms with Crippen LogP contribution in [-0.2, 0) is 9.59 Å². The van der Waals surface area contributed by atoms with E-state index in [1.54, 1.807) is 18.2 Å². The molecule has 0 N–H and O–H groups in total. The van der Waals surface area contributed by atoms with Gasteiger partial charge in [-0.2, -0.15) is 5.26 Å². The minimum absolute atomic E-state index is 0.183. The second kappa shape index (κ2) is 5.06. The van der Waals surface area contributed by atoms with Crippen molar-refractivity contribution >= 4 is 17.5 Å². The van der Waals surface area contributed by atoms with Gasteiger partial charge in [-0.3, -0.25) is 9.59 Å². The van der Waals surface area contributed by atoms with Crippen molar-refractivity contribution in [3.63, 3.8) is 0 Å². The molecule has 106 valence electrons. The standard InChI is InChI=1S/C16H14N2O3/c1-21-14-8-11(7-6-10(14)9-17)18-15(19)12-4-2-3-5-13(12)16(18)20/h4,6-8,13H,2-3,5H2,1H3. The summed E-state index contributed by atoms with van der Waals surface area (Å²) in [4.78, 5) is 26.1. The number of hydrogen-bond acceptors (Lipinski definition) is 4. The molecule has 5 nitrogen and oxygen atoms in total. The second-order valence-electron chi connectivity index (χ2n) is 5.12. The number of fused-ring (bicyclic) bond motifs is 1. The number of methoxy groups -OCH3 is 1. The summed E-state index contributed by atoms with van der Waals surface area (Å²) in [6, 6.07) is 6.74. The molecular weight excluding hydrogens is 268 g/mol. The zero-order valence-corrected chi connectivity index (χ0v) is 11.6. The summed E-state index contributed by atoms with van der Waals surface area (Å²) >= 11 is 0. The molecule has 1 aromatic rings. The Labute approximate surface area is 122 Å². The van der Waals surface area contributed by atoms with Crippen molar-refractivity contribution in [3.05, 3.63) is 35.4 Å². The average molecular weight is 282 g/mol. The van der Waals surface area contributed by atoms with Gasteiger partial charge in [0, 0.05) is 11.6 Å². The van der Waals surface area contributed by atoms with Crippen molar-refractivity contribution in [1.29, 1.82) is 5.26 Å². The molecule has 1 fully saturated rings. The van der Waals surface area contributed by atoms with Crippen LogP contribution >= 0.6 is 0 Å². The molecule has 1 unspecified atom stereocenters. The number of amides is 2. The lowest BCUT2D eigenvalue weighted by atomic mass is 9.90. The van der Waals surface area contributed by atoms with Gasteiger partial charge in [-0.1, -0.05) is 6.08 Å². The predicted molar refractivity (Wildman–Crippen MR) is 75.6 cm³/mol. The highest BCUT2D eigenvalue weighted by atomic mass is 16.5. The fourth-order valence-corrected chi connectivity index (χ4v) is 2.91. The summed E-state index contributed by atoms with van der Waals surface area (Å²) in [6.07, 6.45) is 4.36. The number of carbonyl (C=O) groups excluding carboxylic acids is 2. The minimum atomic E-state index is -0.312. The van der Waals surface area contributed by atoms with E-state index in [4.69, 9.17) is 10.00 Å². The maximum Gasteiger partial charge on any atom is 0.261 e. The molecule has 5 heteroatoms. The van der Waals surface area contributed by atoms with E-state index in [1.807, 2.05) is 12.1 Å². The van der Waals surface area contributed by atoms with E-state index in [0.717, 1.165) is 19.3 Å². The largest absolute Gasteiger partial charge is 0.495 e. The van der Waals surface area contributed by atoms with E-state index in [9.17, 15) is 9.59 Å². The summed E-state index contributed by atoms with van der Waals surface area (Å²) in [5, 5.41) is 8.99. The minimum Gasteiger partial charge on any atom is -0.495 e. The van der Waals surface area contributed by atoms with Crippen molar-refractivity contribution in [1.82, 2.24) is 0 Å². The Bertz CT molecular complexity index is 700. The van der Waals surface area contributed by atoms with Gasteiger partial charge >= 0.3 is 0 Å². The molecule has 1 aliphatic heterocycles. The van der Waals surface area contributed by atoms with E-state index in [1.165, 1.54) is 12.0 Å². The maximum absolute atomic E-state index is 12.5. The van der Waals surface area contributed by atoms with Gasteiger partial charge in [-0.05, 0) is 31.4 Å². The van der Waals surface area contributed by atoms with E-state index in [-0.39, 0.29) is 17.7 Å². The Kier molecular flexibility index (Phi) is 3.22. The van der Waals surface area contributed by atoms with Crippen LogP contribution in [0.3, 0.4) is 0 Å². The molecule has 0 aromatic heterocycles. The number of anilines is 1. The molecule has 1 saturated heterocycles. The van der Waals surface area contributed by atoms with Crippen LogP contribution in [-0.4, -0.2) is 18.9 Å². The number of rotatable bonds is 2. The lowest BCUT2D eigenvalue weighted by molar-refractivity contribution is -0.122. The maximum atomic E-state index is 12.5. The van der Waals surface area contributed by atoms with Crippen molar-refractivity contribution in [2.45, 2.75) is 19.3 Å². The number of imide groups is 1. The first kappa shape index (κ1) is 13.4. The van der Waals surface area contributed by atoms with Crippen molar-refractivity contribution in [2.24, 2.45) is 5.92 Å². The van der Waals surface area contributed by atoms with Gasteiger partial charge in [-0.15, -0.1) is 0 Å². The molecule has 0 saturated carbocycles. The predicted octanol–water partition coefficient (Wildman–Crippen LogP) is 2.17. The van der Waals surface area contributed by atoms with Gasteiger partial charge in [0.1, 0.15) is 11.8 Å². The highest BCUT2D eigenvalue weighted by molar-refractivity contribution is 6.29. The molecule has 0 spiro atoms. The van der Waals surface area contributed by atoms with Gasteiger partial charge in [0.15, 0.2) is 0 Å². The normalized spacial score (nSPS) is 20.9. The van der Waals surface area contributed by atoms with E-state index >= 15 is 0 Å².